The summed E-state index contributed by atoms with van der Waals surface area (Å²) in [5, 5.41) is 3.19. The Hall–Kier alpha value is -0.890. The van der Waals surface area contributed by atoms with Gasteiger partial charge in [-0.3, -0.25) is 4.98 Å². The highest BCUT2D eigenvalue weighted by molar-refractivity contribution is 5.22. The Morgan fingerprint density at radius 1 is 1.38 bits per heavy atom. The largest absolute Gasteiger partial charge is 0.319 e. The van der Waals surface area contributed by atoms with Gasteiger partial charge in [0.1, 0.15) is 0 Å². The molecule has 0 spiro atoms. The molecule has 13 heavy (non-hydrogen) atoms. The van der Waals surface area contributed by atoms with Gasteiger partial charge in [0.15, 0.2) is 0 Å². The van der Waals surface area contributed by atoms with Crippen LogP contribution < -0.4 is 5.32 Å². The van der Waals surface area contributed by atoms with Gasteiger partial charge in [-0.1, -0.05) is 19.9 Å². The zero-order chi connectivity index (χ0) is 9.90. The topological polar surface area (TPSA) is 24.9 Å². The number of nitrogens with one attached hydrogen (secondary N) is 1. The summed E-state index contributed by atoms with van der Waals surface area (Å²) < 4.78 is 0. The maximum absolute atomic E-state index is 4.30. The molecule has 0 amide bonds. The maximum Gasteiger partial charge on any atom is 0.0372 e. The molecular weight excluding hydrogens is 160 g/mol. The van der Waals surface area contributed by atoms with Crippen molar-refractivity contribution in [3.05, 3.63) is 29.6 Å². The lowest BCUT2D eigenvalue weighted by molar-refractivity contribution is 0.492. The molecule has 0 atom stereocenters. The maximum atomic E-state index is 4.30. The number of aryl methyl sites for hydroxylation is 1. The van der Waals surface area contributed by atoms with E-state index in [0.717, 1.165) is 12.2 Å². The van der Waals surface area contributed by atoms with Crippen molar-refractivity contribution >= 4 is 0 Å². The van der Waals surface area contributed by atoms with E-state index in [-0.39, 0.29) is 5.41 Å². The molecule has 0 unspecified atom stereocenters. The molecule has 0 fully saturated rings. The number of rotatable bonds is 3. The third-order valence-corrected chi connectivity index (χ3v) is 2.31. The average Bonchev–Trinajstić information content (AvgIpc) is 2.05. The molecule has 1 heterocycles. The Labute approximate surface area is 80.4 Å². The van der Waals surface area contributed by atoms with Gasteiger partial charge in [-0.2, -0.15) is 0 Å². The van der Waals surface area contributed by atoms with Gasteiger partial charge >= 0.3 is 0 Å². The summed E-state index contributed by atoms with van der Waals surface area (Å²) in [6.45, 7) is 7.41. The lowest BCUT2D eigenvalue weighted by atomic mass is 9.85. The van der Waals surface area contributed by atoms with Crippen LogP contribution in [0.5, 0.6) is 0 Å². The summed E-state index contributed by atoms with van der Waals surface area (Å²) in [6, 6.07) is 4.21. The highest BCUT2D eigenvalue weighted by Gasteiger charge is 2.19. The van der Waals surface area contributed by atoms with E-state index >= 15 is 0 Å². The lowest BCUT2D eigenvalue weighted by Crippen LogP contribution is -2.30. The van der Waals surface area contributed by atoms with Crippen molar-refractivity contribution < 1.29 is 0 Å². The molecule has 1 rings (SSSR count). The first kappa shape index (κ1) is 10.2. The first-order valence-electron chi connectivity index (χ1n) is 4.64. The molecule has 0 radical (unpaired) electrons. The van der Waals surface area contributed by atoms with Gasteiger partial charge in [-0.25, -0.2) is 0 Å². The van der Waals surface area contributed by atoms with Crippen LogP contribution in [0.1, 0.15) is 25.1 Å². The Kier molecular flexibility index (Phi) is 3.04. The van der Waals surface area contributed by atoms with Crippen LogP contribution in [-0.4, -0.2) is 18.6 Å². The van der Waals surface area contributed by atoms with Gasteiger partial charge in [0.2, 0.25) is 0 Å². The Bertz CT molecular complexity index is 262. The molecule has 0 bridgehead atoms. The molecule has 2 nitrogen and oxygen atoms in total. The second kappa shape index (κ2) is 3.88. The molecule has 72 valence electrons. The van der Waals surface area contributed by atoms with E-state index < -0.39 is 0 Å². The molecular formula is C11H18N2. The number of pyridine rings is 1. The molecule has 0 saturated carbocycles. The third kappa shape index (κ3) is 2.52. The van der Waals surface area contributed by atoms with E-state index in [1.807, 2.05) is 20.2 Å². The number of aromatic nitrogens is 1. The Morgan fingerprint density at radius 3 is 2.54 bits per heavy atom. The van der Waals surface area contributed by atoms with Gasteiger partial charge in [0.25, 0.3) is 0 Å². The summed E-state index contributed by atoms with van der Waals surface area (Å²) in [7, 11) is 1.98. The Morgan fingerprint density at radius 2 is 2.08 bits per heavy atom. The summed E-state index contributed by atoms with van der Waals surface area (Å²) in [6.07, 6.45) is 1.96. The van der Waals surface area contributed by atoms with Crippen molar-refractivity contribution in [1.82, 2.24) is 10.3 Å². The van der Waals surface area contributed by atoms with Crippen LogP contribution in [0.3, 0.4) is 0 Å². The van der Waals surface area contributed by atoms with E-state index in [1.165, 1.54) is 5.56 Å². The van der Waals surface area contributed by atoms with Crippen molar-refractivity contribution in [2.75, 3.05) is 13.6 Å². The first-order chi connectivity index (χ1) is 6.06. The van der Waals surface area contributed by atoms with E-state index in [9.17, 15) is 0 Å². The summed E-state index contributed by atoms with van der Waals surface area (Å²) in [5.74, 6) is 0. The number of hydrogen-bond acceptors (Lipinski definition) is 2. The molecule has 1 aromatic heterocycles. The van der Waals surface area contributed by atoms with Crippen LogP contribution in [-0.2, 0) is 5.41 Å². The highest BCUT2D eigenvalue weighted by atomic mass is 14.8. The fourth-order valence-electron chi connectivity index (χ4n) is 1.41. The molecule has 0 aliphatic heterocycles. The SMILES string of the molecule is CNCC(C)(C)c1ccc(C)nc1. The van der Waals surface area contributed by atoms with Crippen LogP contribution >= 0.6 is 0 Å². The molecule has 0 saturated heterocycles. The highest BCUT2D eigenvalue weighted by Crippen LogP contribution is 2.21. The van der Waals surface area contributed by atoms with Crippen LogP contribution in [0, 0.1) is 6.92 Å². The van der Waals surface area contributed by atoms with E-state index in [1.54, 1.807) is 0 Å². The van der Waals surface area contributed by atoms with Gasteiger partial charge in [0, 0.05) is 23.9 Å². The molecule has 0 aliphatic rings. The lowest BCUT2D eigenvalue weighted by Gasteiger charge is -2.24. The minimum atomic E-state index is 0.162. The number of nitrogens with zero attached hydrogens (tertiary/aromatic N) is 1. The monoisotopic (exact) mass is 178 g/mol. The quantitative estimate of drug-likeness (QED) is 0.764. The van der Waals surface area contributed by atoms with Crippen LogP contribution in [0.2, 0.25) is 0 Å². The van der Waals surface area contributed by atoms with Gasteiger partial charge in [-0.15, -0.1) is 0 Å². The standard InChI is InChI=1S/C11H18N2/c1-9-5-6-10(7-13-9)11(2,3)8-12-4/h5-7,12H,8H2,1-4H3. The summed E-state index contributed by atoms with van der Waals surface area (Å²) in [4.78, 5) is 4.30. The molecule has 1 aromatic rings. The number of likely N-dealkylation sites (N-methyl/N-ethyl adjacent to an activating group) is 1. The van der Waals surface area contributed by atoms with E-state index in [4.69, 9.17) is 0 Å². The van der Waals surface area contributed by atoms with Crippen molar-refractivity contribution in [2.24, 2.45) is 0 Å². The van der Waals surface area contributed by atoms with Crippen LogP contribution in [0.25, 0.3) is 0 Å². The van der Waals surface area contributed by atoms with E-state index in [0.29, 0.717) is 0 Å². The van der Waals surface area contributed by atoms with Crippen molar-refractivity contribution in [3.8, 4) is 0 Å². The van der Waals surface area contributed by atoms with Crippen LogP contribution in [0.4, 0.5) is 0 Å². The summed E-state index contributed by atoms with van der Waals surface area (Å²) in [5.41, 5.74) is 2.52. The van der Waals surface area contributed by atoms with Crippen LogP contribution in [0.15, 0.2) is 18.3 Å². The third-order valence-electron chi connectivity index (χ3n) is 2.31. The van der Waals surface area contributed by atoms with Gasteiger partial charge in [-0.05, 0) is 25.6 Å². The second-order valence-electron chi connectivity index (χ2n) is 4.10. The van der Waals surface area contributed by atoms with Crippen molar-refractivity contribution in [2.45, 2.75) is 26.2 Å². The van der Waals surface area contributed by atoms with E-state index in [2.05, 4.69) is 36.3 Å². The van der Waals surface area contributed by atoms with Crippen molar-refractivity contribution in [1.29, 1.82) is 0 Å². The Balaban J connectivity index is 2.87. The first-order valence-corrected chi connectivity index (χ1v) is 4.64. The minimum absolute atomic E-state index is 0.162. The predicted octanol–water partition coefficient (Wildman–Crippen LogP) is 1.89. The minimum Gasteiger partial charge on any atom is -0.319 e. The molecule has 2 heteroatoms. The number of hydrogen-bond donors (Lipinski definition) is 1. The van der Waals surface area contributed by atoms with Crippen molar-refractivity contribution in [3.63, 3.8) is 0 Å². The summed E-state index contributed by atoms with van der Waals surface area (Å²) >= 11 is 0. The fraction of sp³-hybridized carbons (Fsp3) is 0.545. The van der Waals surface area contributed by atoms with Gasteiger partial charge < -0.3 is 5.32 Å². The van der Waals surface area contributed by atoms with Gasteiger partial charge in [0.05, 0.1) is 0 Å². The smallest absolute Gasteiger partial charge is 0.0372 e. The normalized spacial score (nSPS) is 11.7. The fourth-order valence-corrected chi connectivity index (χ4v) is 1.41. The molecule has 0 aromatic carbocycles. The second-order valence-corrected chi connectivity index (χ2v) is 4.10. The molecule has 0 aliphatic carbocycles. The zero-order valence-corrected chi connectivity index (χ0v) is 8.89. The molecule has 1 N–H and O–H groups in total. The zero-order valence-electron chi connectivity index (χ0n) is 8.89. The predicted molar refractivity (Wildman–Crippen MR) is 55.9 cm³/mol. The average molecular weight is 178 g/mol.